The Morgan fingerprint density at radius 2 is 2.03 bits per heavy atom. The molecular formula is C19H17F3N4O2S. The molecule has 6 nitrogen and oxygen atoms in total. The fraction of sp³-hybridized carbons (Fsp3) is 0.316. The maximum absolute atomic E-state index is 13.5. The molecule has 4 rings (SSSR count). The highest BCUT2D eigenvalue weighted by Crippen LogP contribution is 2.34. The van der Waals surface area contributed by atoms with E-state index in [2.05, 4.69) is 14.7 Å². The summed E-state index contributed by atoms with van der Waals surface area (Å²) in [6.07, 6.45) is -4.55. The van der Waals surface area contributed by atoms with Crippen LogP contribution in [0.15, 0.2) is 35.7 Å². The molecule has 3 heterocycles. The summed E-state index contributed by atoms with van der Waals surface area (Å²) in [6, 6.07) is 7.43. The summed E-state index contributed by atoms with van der Waals surface area (Å²) in [4.78, 5) is 29.1. The zero-order valence-electron chi connectivity index (χ0n) is 15.3. The fourth-order valence-electron chi connectivity index (χ4n) is 3.56. The summed E-state index contributed by atoms with van der Waals surface area (Å²) in [7, 11) is 0. The summed E-state index contributed by atoms with van der Waals surface area (Å²) < 4.78 is 44.5. The van der Waals surface area contributed by atoms with Crippen LogP contribution < -0.4 is 5.32 Å². The summed E-state index contributed by atoms with van der Waals surface area (Å²) in [6.45, 7) is 1.17. The normalized spacial score (nSPS) is 19.7. The van der Waals surface area contributed by atoms with Gasteiger partial charge in [-0.05, 0) is 42.7 Å². The standard InChI is InChI=1S/C19H17F3N4O2S/c1-10-2-3-13-11(6-10)7-15(23-13)18(28)26-8-12(19(20,21)22)16(9-26)24-17(27)14-4-5-29-25-14/h2-7,12,16,23H,8-9H2,1H3,(H,24,27)/t12-,16-/m1/s1. The maximum atomic E-state index is 13.5. The zero-order valence-corrected chi connectivity index (χ0v) is 16.1. The van der Waals surface area contributed by atoms with Crippen molar-refractivity contribution >= 4 is 34.2 Å². The molecule has 0 spiro atoms. The minimum atomic E-state index is -4.55. The van der Waals surface area contributed by atoms with E-state index in [0.717, 1.165) is 32.9 Å². The lowest BCUT2D eigenvalue weighted by Crippen LogP contribution is -2.45. The number of halogens is 3. The smallest absolute Gasteiger partial charge is 0.351 e. The van der Waals surface area contributed by atoms with Crippen LogP contribution in [0.5, 0.6) is 0 Å². The Hall–Kier alpha value is -2.88. The van der Waals surface area contributed by atoms with Crippen molar-refractivity contribution in [2.24, 2.45) is 5.92 Å². The molecule has 0 unspecified atom stereocenters. The van der Waals surface area contributed by atoms with Gasteiger partial charge in [0.05, 0.1) is 12.0 Å². The number of carbonyl (C=O) groups is 2. The second-order valence-electron chi connectivity index (χ2n) is 7.10. The molecule has 10 heteroatoms. The number of likely N-dealkylation sites (tertiary alicyclic amines) is 1. The maximum Gasteiger partial charge on any atom is 0.395 e. The first kappa shape index (κ1) is 19.4. The van der Waals surface area contributed by atoms with Crippen molar-refractivity contribution in [2.75, 3.05) is 13.1 Å². The number of aromatic nitrogens is 2. The summed E-state index contributed by atoms with van der Waals surface area (Å²) >= 11 is 1.04. The average Bonchev–Trinajstić information content (AvgIpc) is 3.39. The van der Waals surface area contributed by atoms with Gasteiger partial charge in [0.1, 0.15) is 11.4 Å². The first-order valence-electron chi connectivity index (χ1n) is 8.89. The SMILES string of the molecule is Cc1ccc2[nH]c(C(=O)N3C[C@@H](C(F)(F)F)[C@H](NC(=O)c4ccsn4)C3)cc2c1. The lowest BCUT2D eigenvalue weighted by molar-refractivity contribution is -0.174. The number of fused-ring (bicyclic) bond motifs is 1. The van der Waals surface area contributed by atoms with Gasteiger partial charge in [0.25, 0.3) is 11.8 Å². The minimum Gasteiger partial charge on any atom is -0.351 e. The van der Waals surface area contributed by atoms with E-state index in [-0.39, 0.29) is 17.9 Å². The number of rotatable bonds is 3. The zero-order chi connectivity index (χ0) is 20.8. The number of hydrogen-bond acceptors (Lipinski definition) is 4. The molecule has 1 aliphatic rings. The van der Waals surface area contributed by atoms with Crippen molar-refractivity contribution in [1.82, 2.24) is 19.6 Å². The van der Waals surface area contributed by atoms with Gasteiger partial charge >= 0.3 is 6.18 Å². The van der Waals surface area contributed by atoms with Gasteiger partial charge in [-0.1, -0.05) is 11.6 Å². The topological polar surface area (TPSA) is 78.1 Å². The van der Waals surface area contributed by atoms with E-state index >= 15 is 0 Å². The molecule has 1 fully saturated rings. The molecule has 3 aromatic rings. The highest BCUT2D eigenvalue weighted by molar-refractivity contribution is 7.03. The molecule has 2 atom stereocenters. The van der Waals surface area contributed by atoms with Crippen LogP contribution >= 0.6 is 11.5 Å². The Balaban J connectivity index is 1.55. The first-order chi connectivity index (χ1) is 13.7. The summed E-state index contributed by atoms with van der Waals surface area (Å²) in [5.74, 6) is -3.06. The number of hydrogen-bond donors (Lipinski definition) is 2. The molecule has 152 valence electrons. The van der Waals surface area contributed by atoms with Crippen LogP contribution in [0, 0.1) is 12.8 Å². The lowest BCUT2D eigenvalue weighted by Gasteiger charge is -2.21. The van der Waals surface area contributed by atoms with Gasteiger partial charge in [0.15, 0.2) is 0 Å². The molecule has 29 heavy (non-hydrogen) atoms. The van der Waals surface area contributed by atoms with E-state index in [9.17, 15) is 22.8 Å². The van der Waals surface area contributed by atoms with E-state index in [1.807, 2.05) is 25.1 Å². The second kappa shape index (κ2) is 7.18. The third-order valence-corrected chi connectivity index (χ3v) is 5.58. The molecule has 2 N–H and O–H groups in total. The largest absolute Gasteiger partial charge is 0.395 e. The lowest BCUT2D eigenvalue weighted by atomic mass is 10.0. The molecular weight excluding hydrogens is 405 g/mol. The highest BCUT2D eigenvalue weighted by Gasteiger charge is 2.51. The third-order valence-electron chi connectivity index (χ3n) is 5.02. The van der Waals surface area contributed by atoms with Gasteiger partial charge in [-0.2, -0.15) is 17.5 Å². The Morgan fingerprint density at radius 3 is 2.72 bits per heavy atom. The van der Waals surface area contributed by atoms with Gasteiger partial charge in [0, 0.05) is 29.4 Å². The van der Waals surface area contributed by atoms with E-state index in [1.165, 1.54) is 6.07 Å². The summed E-state index contributed by atoms with van der Waals surface area (Å²) in [5, 5.41) is 4.77. The number of nitrogens with zero attached hydrogens (tertiary/aromatic N) is 2. The Labute approximate surface area is 167 Å². The molecule has 1 aliphatic heterocycles. The quantitative estimate of drug-likeness (QED) is 0.680. The van der Waals surface area contributed by atoms with Gasteiger partial charge in [-0.15, -0.1) is 0 Å². The monoisotopic (exact) mass is 422 g/mol. The Morgan fingerprint density at radius 1 is 1.24 bits per heavy atom. The van der Waals surface area contributed by atoms with Crippen LogP contribution in [0.1, 0.15) is 26.5 Å². The predicted octanol–water partition coefficient (Wildman–Crippen LogP) is 3.37. The molecule has 2 aromatic heterocycles. The van der Waals surface area contributed by atoms with Crippen LogP contribution in [0.4, 0.5) is 13.2 Å². The molecule has 0 saturated carbocycles. The third kappa shape index (κ3) is 3.84. The molecule has 2 amide bonds. The number of amides is 2. The Bertz CT molecular complexity index is 1060. The van der Waals surface area contributed by atoms with Crippen LogP contribution in [0.25, 0.3) is 10.9 Å². The van der Waals surface area contributed by atoms with Crippen molar-refractivity contribution < 1.29 is 22.8 Å². The van der Waals surface area contributed by atoms with Gasteiger partial charge in [-0.25, -0.2) is 0 Å². The van der Waals surface area contributed by atoms with Gasteiger partial charge < -0.3 is 15.2 Å². The molecule has 1 aromatic carbocycles. The van der Waals surface area contributed by atoms with E-state index < -0.39 is 36.5 Å². The molecule has 1 saturated heterocycles. The fourth-order valence-corrected chi connectivity index (χ4v) is 4.07. The van der Waals surface area contributed by atoms with Crippen LogP contribution in [0.2, 0.25) is 0 Å². The molecule has 0 radical (unpaired) electrons. The average molecular weight is 422 g/mol. The van der Waals surface area contributed by atoms with Crippen molar-refractivity contribution in [2.45, 2.75) is 19.1 Å². The second-order valence-corrected chi connectivity index (χ2v) is 7.76. The van der Waals surface area contributed by atoms with Crippen molar-refractivity contribution in [3.63, 3.8) is 0 Å². The predicted molar refractivity (Wildman–Crippen MR) is 102 cm³/mol. The molecule has 0 bridgehead atoms. The number of alkyl halides is 3. The number of benzene rings is 1. The highest BCUT2D eigenvalue weighted by atomic mass is 32.1. The van der Waals surface area contributed by atoms with Crippen molar-refractivity contribution in [3.05, 3.63) is 52.7 Å². The first-order valence-corrected chi connectivity index (χ1v) is 9.72. The van der Waals surface area contributed by atoms with Gasteiger partial charge in [-0.3, -0.25) is 9.59 Å². The van der Waals surface area contributed by atoms with Gasteiger partial charge in [0.2, 0.25) is 0 Å². The number of nitrogens with one attached hydrogen (secondary N) is 2. The van der Waals surface area contributed by atoms with Crippen molar-refractivity contribution in [1.29, 1.82) is 0 Å². The summed E-state index contributed by atoms with van der Waals surface area (Å²) in [5.41, 5.74) is 2.03. The van der Waals surface area contributed by atoms with E-state index in [1.54, 1.807) is 11.4 Å². The van der Waals surface area contributed by atoms with Crippen molar-refractivity contribution in [3.8, 4) is 0 Å². The van der Waals surface area contributed by atoms with Crippen LogP contribution in [-0.2, 0) is 0 Å². The minimum absolute atomic E-state index is 0.0617. The van der Waals surface area contributed by atoms with E-state index in [0.29, 0.717) is 0 Å². The van der Waals surface area contributed by atoms with Crippen LogP contribution in [0.3, 0.4) is 0 Å². The molecule has 0 aliphatic carbocycles. The number of H-pyrrole nitrogens is 1. The van der Waals surface area contributed by atoms with Crippen LogP contribution in [-0.4, -0.2) is 51.4 Å². The number of aryl methyl sites for hydroxylation is 1. The Kier molecular flexibility index (Phi) is 4.81. The number of aromatic amines is 1. The van der Waals surface area contributed by atoms with E-state index in [4.69, 9.17) is 0 Å². The number of carbonyl (C=O) groups excluding carboxylic acids is 2.